The molecule has 2 aromatic heterocycles. The fourth-order valence-corrected chi connectivity index (χ4v) is 2.07. The number of imidazole rings is 1. The summed E-state index contributed by atoms with van der Waals surface area (Å²) in [5.74, 6) is 2.40. The van der Waals surface area contributed by atoms with Crippen LogP contribution in [-0.2, 0) is 0 Å². The van der Waals surface area contributed by atoms with Crippen LogP contribution >= 0.6 is 0 Å². The van der Waals surface area contributed by atoms with Crippen LogP contribution in [0.4, 0.5) is 11.6 Å². The SMILES string of the molecule is CCNc1cn2ccnc2c(N(C)CC(C)C)n1. The standard InChI is InChI=1S/C13H21N5/c1-5-14-11-9-18-7-6-15-12(18)13(16-11)17(4)8-10(2)3/h6-7,9-10,14H,5,8H2,1-4H3. The maximum absolute atomic E-state index is 4.65. The van der Waals surface area contributed by atoms with Crippen LogP contribution in [0.15, 0.2) is 18.6 Å². The third-order valence-electron chi connectivity index (χ3n) is 2.71. The molecule has 98 valence electrons. The molecule has 0 amide bonds. The van der Waals surface area contributed by atoms with Gasteiger partial charge in [0.25, 0.3) is 0 Å². The summed E-state index contributed by atoms with van der Waals surface area (Å²) in [6.45, 7) is 8.30. The molecule has 0 aliphatic rings. The highest BCUT2D eigenvalue weighted by atomic mass is 15.2. The van der Waals surface area contributed by atoms with E-state index in [-0.39, 0.29) is 0 Å². The van der Waals surface area contributed by atoms with Gasteiger partial charge in [-0.25, -0.2) is 9.97 Å². The highest BCUT2D eigenvalue weighted by molar-refractivity contribution is 5.66. The van der Waals surface area contributed by atoms with E-state index in [2.05, 4.69) is 48.0 Å². The van der Waals surface area contributed by atoms with E-state index in [9.17, 15) is 0 Å². The summed E-state index contributed by atoms with van der Waals surface area (Å²) in [5, 5.41) is 3.25. The first-order chi connectivity index (χ1) is 8.61. The zero-order chi connectivity index (χ0) is 13.1. The van der Waals surface area contributed by atoms with E-state index >= 15 is 0 Å². The Morgan fingerprint density at radius 3 is 2.89 bits per heavy atom. The van der Waals surface area contributed by atoms with Crippen molar-refractivity contribution in [3.05, 3.63) is 18.6 Å². The smallest absolute Gasteiger partial charge is 0.180 e. The molecule has 2 aromatic rings. The van der Waals surface area contributed by atoms with Crippen molar-refractivity contribution in [1.29, 1.82) is 0 Å². The van der Waals surface area contributed by atoms with Crippen molar-refractivity contribution in [3.63, 3.8) is 0 Å². The number of rotatable bonds is 5. The maximum atomic E-state index is 4.65. The van der Waals surface area contributed by atoms with Gasteiger partial charge in [0.1, 0.15) is 5.82 Å². The quantitative estimate of drug-likeness (QED) is 0.880. The molecular formula is C13H21N5. The van der Waals surface area contributed by atoms with Crippen molar-refractivity contribution < 1.29 is 0 Å². The number of nitrogens with one attached hydrogen (secondary N) is 1. The predicted octanol–water partition coefficient (Wildman–Crippen LogP) is 2.25. The van der Waals surface area contributed by atoms with Crippen LogP contribution in [-0.4, -0.2) is 34.5 Å². The lowest BCUT2D eigenvalue weighted by atomic mass is 10.2. The number of nitrogens with zero attached hydrogens (tertiary/aromatic N) is 4. The van der Waals surface area contributed by atoms with E-state index in [0.717, 1.165) is 30.4 Å². The summed E-state index contributed by atoms with van der Waals surface area (Å²) in [7, 11) is 2.06. The Morgan fingerprint density at radius 1 is 1.44 bits per heavy atom. The van der Waals surface area contributed by atoms with Crippen LogP contribution in [0, 0.1) is 5.92 Å². The molecule has 5 nitrogen and oxygen atoms in total. The van der Waals surface area contributed by atoms with Crippen LogP contribution in [0.1, 0.15) is 20.8 Å². The molecule has 0 spiro atoms. The Bertz CT molecular complexity index is 517. The van der Waals surface area contributed by atoms with Gasteiger partial charge in [-0.1, -0.05) is 13.8 Å². The number of fused-ring (bicyclic) bond motifs is 1. The lowest BCUT2D eigenvalue weighted by molar-refractivity contribution is 0.635. The van der Waals surface area contributed by atoms with Gasteiger partial charge >= 0.3 is 0 Å². The fraction of sp³-hybridized carbons (Fsp3) is 0.538. The largest absolute Gasteiger partial charge is 0.369 e. The van der Waals surface area contributed by atoms with Crippen molar-refractivity contribution >= 4 is 17.3 Å². The summed E-state index contributed by atoms with van der Waals surface area (Å²) < 4.78 is 2.01. The summed E-state index contributed by atoms with van der Waals surface area (Å²) in [6.07, 6.45) is 5.72. The molecule has 2 rings (SSSR count). The van der Waals surface area contributed by atoms with Gasteiger partial charge in [0.15, 0.2) is 11.5 Å². The van der Waals surface area contributed by atoms with Crippen molar-refractivity contribution in [2.45, 2.75) is 20.8 Å². The topological polar surface area (TPSA) is 45.5 Å². The molecule has 18 heavy (non-hydrogen) atoms. The van der Waals surface area contributed by atoms with Gasteiger partial charge in [-0.15, -0.1) is 0 Å². The molecule has 0 radical (unpaired) electrons. The number of hydrogen-bond donors (Lipinski definition) is 1. The Hall–Kier alpha value is -1.78. The van der Waals surface area contributed by atoms with Gasteiger partial charge in [0.05, 0.1) is 6.20 Å². The third kappa shape index (κ3) is 2.55. The summed E-state index contributed by atoms with van der Waals surface area (Å²) in [5.41, 5.74) is 0.903. The first-order valence-electron chi connectivity index (χ1n) is 6.40. The van der Waals surface area contributed by atoms with Crippen LogP contribution in [0.3, 0.4) is 0 Å². The average molecular weight is 247 g/mol. The predicted molar refractivity (Wildman–Crippen MR) is 75.3 cm³/mol. The molecule has 0 unspecified atom stereocenters. The van der Waals surface area contributed by atoms with Crippen molar-refractivity contribution in [2.75, 3.05) is 30.4 Å². The first-order valence-corrected chi connectivity index (χ1v) is 6.40. The number of hydrogen-bond acceptors (Lipinski definition) is 4. The van der Waals surface area contributed by atoms with Gasteiger partial charge in [0, 0.05) is 32.5 Å². The second kappa shape index (κ2) is 5.25. The molecule has 0 saturated carbocycles. The molecule has 1 N–H and O–H groups in total. The second-order valence-electron chi connectivity index (χ2n) is 4.91. The molecule has 0 saturated heterocycles. The van der Waals surface area contributed by atoms with Crippen LogP contribution in [0.5, 0.6) is 0 Å². The van der Waals surface area contributed by atoms with Gasteiger partial charge in [-0.2, -0.15) is 0 Å². The van der Waals surface area contributed by atoms with Crippen LogP contribution < -0.4 is 10.2 Å². The Kier molecular flexibility index (Phi) is 3.69. The molecule has 0 atom stereocenters. The minimum Gasteiger partial charge on any atom is -0.369 e. The highest BCUT2D eigenvalue weighted by Crippen LogP contribution is 2.20. The van der Waals surface area contributed by atoms with Crippen LogP contribution in [0.2, 0.25) is 0 Å². The number of aromatic nitrogens is 3. The van der Waals surface area contributed by atoms with Crippen molar-refractivity contribution in [2.24, 2.45) is 5.92 Å². The van der Waals surface area contributed by atoms with E-state index < -0.39 is 0 Å². The van der Waals surface area contributed by atoms with Crippen LogP contribution in [0.25, 0.3) is 5.65 Å². The summed E-state index contributed by atoms with van der Waals surface area (Å²) >= 11 is 0. The second-order valence-corrected chi connectivity index (χ2v) is 4.91. The zero-order valence-corrected chi connectivity index (χ0v) is 11.5. The molecular weight excluding hydrogens is 226 g/mol. The molecule has 2 heterocycles. The Balaban J connectivity index is 2.42. The summed E-state index contributed by atoms with van der Waals surface area (Å²) in [4.78, 5) is 11.2. The lowest BCUT2D eigenvalue weighted by Gasteiger charge is -2.21. The van der Waals surface area contributed by atoms with Gasteiger partial charge in [0.2, 0.25) is 0 Å². The van der Waals surface area contributed by atoms with Crippen molar-refractivity contribution in [1.82, 2.24) is 14.4 Å². The van der Waals surface area contributed by atoms with Gasteiger partial charge in [-0.05, 0) is 12.8 Å². The number of anilines is 2. The molecule has 0 aromatic carbocycles. The first kappa shape index (κ1) is 12.7. The Morgan fingerprint density at radius 2 is 2.22 bits per heavy atom. The fourth-order valence-electron chi connectivity index (χ4n) is 2.07. The monoisotopic (exact) mass is 247 g/mol. The minimum atomic E-state index is 0.592. The van der Waals surface area contributed by atoms with E-state index in [0.29, 0.717) is 5.92 Å². The average Bonchev–Trinajstić information content (AvgIpc) is 2.75. The molecule has 0 aliphatic heterocycles. The third-order valence-corrected chi connectivity index (χ3v) is 2.71. The lowest BCUT2D eigenvalue weighted by Crippen LogP contribution is -2.24. The zero-order valence-electron chi connectivity index (χ0n) is 11.5. The van der Waals surface area contributed by atoms with Gasteiger partial charge in [-0.3, -0.25) is 0 Å². The summed E-state index contributed by atoms with van der Waals surface area (Å²) in [6, 6.07) is 0. The normalized spacial score (nSPS) is 11.2. The minimum absolute atomic E-state index is 0.592. The molecule has 5 heteroatoms. The van der Waals surface area contributed by atoms with Gasteiger partial charge < -0.3 is 14.6 Å². The van der Waals surface area contributed by atoms with E-state index in [1.807, 2.05) is 16.8 Å². The van der Waals surface area contributed by atoms with Crippen molar-refractivity contribution in [3.8, 4) is 0 Å². The maximum Gasteiger partial charge on any atom is 0.180 e. The molecule has 0 aliphatic carbocycles. The highest BCUT2D eigenvalue weighted by Gasteiger charge is 2.12. The van der Waals surface area contributed by atoms with E-state index in [1.165, 1.54) is 0 Å². The van der Waals surface area contributed by atoms with E-state index in [4.69, 9.17) is 0 Å². The molecule has 0 bridgehead atoms. The molecule has 0 fully saturated rings. The Labute approximate surface area is 108 Å². The van der Waals surface area contributed by atoms with E-state index in [1.54, 1.807) is 6.20 Å².